The minimum absolute atomic E-state index is 0.155. The Labute approximate surface area is 163 Å². The molecule has 0 saturated carbocycles. The fourth-order valence-corrected chi connectivity index (χ4v) is 4.17. The molecule has 0 aliphatic carbocycles. The van der Waals surface area contributed by atoms with E-state index in [4.69, 9.17) is 12.2 Å². The average molecular weight is 396 g/mol. The van der Waals surface area contributed by atoms with Crippen molar-refractivity contribution in [2.45, 2.75) is 20.0 Å². The molecule has 2 heterocycles. The van der Waals surface area contributed by atoms with Crippen LogP contribution in [0.2, 0.25) is 0 Å². The lowest BCUT2D eigenvalue weighted by atomic mass is 10.1. The summed E-state index contributed by atoms with van der Waals surface area (Å²) >= 11 is 6.78. The van der Waals surface area contributed by atoms with Crippen LogP contribution in [0.1, 0.15) is 22.3 Å². The summed E-state index contributed by atoms with van der Waals surface area (Å²) in [7, 11) is 0. The Bertz CT molecular complexity index is 1250. The lowest BCUT2D eigenvalue weighted by Gasteiger charge is -2.07. The number of thiazole rings is 1. The minimum Gasteiger partial charge on any atom is -0.346 e. The number of carbonyl (C=O) groups excluding carboxylic acids is 1. The molecule has 0 fully saturated rings. The number of hydrogen-bond donors (Lipinski definition) is 2. The number of aromatic amines is 1. The number of nitrogens with zero attached hydrogens (tertiary/aromatic N) is 2. The van der Waals surface area contributed by atoms with E-state index in [0.717, 1.165) is 15.2 Å². The van der Waals surface area contributed by atoms with Crippen LogP contribution in [-0.2, 0) is 13.1 Å². The zero-order valence-corrected chi connectivity index (χ0v) is 16.1. The Balaban J connectivity index is 1.59. The Kier molecular flexibility index (Phi) is 4.59. The van der Waals surface area contributed by atoms with Crippen LogP contribution in [0.15, 0.2) is 47.3 Å². The molecule has 1 amide bonds. The van der Waals surface area contributed by atoms with Gasteiger partial charge in [0.1, 0.15) is 5.01 Å². The highest BCUT2D eigenvalue weighted by Crippen LogP contribution is 2.21. The molecule has 0 aliphatic heterocycles. The zero-order chi connectivity index (χ0) is 19.0. The molecule has 0 spiro atoms. The molecule has 2 aromatic heterocycles. The van der Waals surface area contributed by atoms with Gasteiger partial charge in [-0.2, -0.15) is 0 Å². The van der Waals surface area contributed by atoms with Gasteiger partial charge in [-0.1, -0.05) is 12.1 Å². The number of fused-ring (bicyclic) bond motifs is 2. The highest BCUT2D eigenvalue weighted by molar-refractivity contribution is 7.71. The highest BCUT2D eigenvalue weighted by atomic mass is 32.1. The van der Waals surface area contributed by atoms with Gasteiger partial charge >= 0.3 is 0 Å². The number of para-hydroxylation sites is 1. The minimum atomic E-state index is -0.227. The van der Waals surface area contributed by atoms with Crippen LogP contribution in [-0.4, -0.2) is 20.4 Å². The molecule has 0 aliphatic rings. The molecule has 136 valence electrons. The molecule has 2 N–H and O–H groups in total. The van der Waals surface area contributed by atoms with Crippen LogP contribution in [0.3, 0.4) is 0 Å². The second-order valence-electron chi connectivity index (χ2n) is 6.00. The van der Waals surface area contributed by atoms with E-state index in [1.54, 1.807) is 29.5 Å². The van der Waals surface area contributed by atoms with E-state index in [1.807, 2.05) is 31.2 Å². The van der Waals surface area contributed by atoms with Gasteiger partial charge in [-0.25, -0.2) is 4.98 Å². The second-order valence-corrected chi connectivity index (χ2v) is 7.50. The third kappa shape index (κ3) is 3.29. The summed E-state index contributed by atoms with van der Waals surface area (Å²) in [6.07, 6.45) is 0. The number of hydrogen-bond acceptors (Lipinski definition) is 5. The molecular formula is C19H16N4O2S2. The van der Waals surface area contributed by atoms with Gasteiger partial charge in [-0.05, 0) is 49.5 Å². The number of amides is 1. The SMILES string of the molecule is CCn1c(=S)[nH]c2cc(C(=O)NCc3nc4ccccc4s3)ccc2c1=O. The number of carbonyl (C=O) groups is 1. The van der Waals surface area contributed by atoms with E-state index < -0.39 is 0 Å². The van der Waals surface area contributed by atoms with Crippen molar-refractivity contribution in [1.82, 2.24) is 19.9 Å². The molecule has 4 aromatic rings. The molecule has 0 radical (unpaired) electrons. The smallest absolute Gasteiger partial charge is 0.262 e. The van der Waals surface area contributed by atoms with Gasteiger partial charge in [-0.15, -0.1) is 11.3 Å². The van der Waals surface area contributed by atoms with Crippen LogP contribution in [0.5, 0.6) is 0 Å². The van der Waals surface area contributed by atoms with Crippen molar-refractivity contribution < 1.29 is 4.79 Å². The van der Waals surface area contributed by atoms with Gasteiger partial charge in [0, 0.05) is 12.1 Å². The predicted octanol–water partition coefficient (Wildman–Crippen LogP) is 3.62. The van der Waals surface area contributed by atoms with Crippen LogP contribution in [0.4, 0.5) is 0 Å². The third-order valence-electron chi connectivity index (χ3n) is 4.30. The van der Waals surface area contributed by atoms with E-state index in [-0.39, 0.29) is 11.5 Å². The summed E-state index contributed by atoms with van der Waals surface area (Å²) in [4.78, 5) is 32.5. The maximum Gasteiger partial charge on any atom is 0.262 e. The van der Waals surface area contributed by atoms with Crippen molar-refractivity contribution >= 4 is 50.6 Å². The Hall–Kier alpha value is -2.84. The Morgan fingerprint density at radius 1 is 1.30 bits per heavy atom. The number of H-pyrrole nitrogens is 1. The largest absolute Gasteiger partial charge is 0.346 e. The van der Waals surface area contributed by atoms with E-state index in [1.165, 1.54) is 4.57 Å². The Morgan fingerprint density at radius 2 is 2.11 bits per heavy atom. The molecule has 4 rings (SSSR count). The van der Waals surface area contributed by atoms with Crippen molar-refractivity contribution in [2.75, 3.05) is 0 Å². The number of nitrogens with one attached hydrogen (secondary N) is 2. The lowest BCUT2D eigenvalue weighted by molar-refractivity contribution is 0.0951. The van der Waals surface area contributed by atoms with E-state index in [0.29, 0.717) is 34.3 Å². The normalized spacial score (nSPS) is 11.1. The summed E-state index contributed by atoms with van der Waals surface area (Å²) in [5.41, 5.74) is 1.79. The van der Waals surface area contributed by atoms with E-state index in [2.05, 4.69) is 15.3 Å². The van der Waals surface area contributed by atoms with E-state index >= 15 is 0 Å². The van der Waals surface area contributed by atoms with Gasteiger partial charge in [0.15, 0.2) is 4.77 Å². The maximum atomic E-state index is 12.5. The summed E-state index contributed by atoms with van der Waals surface area (Å²) < 4.78 is 2.93. The molecular weight excluding hydrogens is 380 g/mol. The first-order valence-electron chi connectivity index (χ1n) is 8.46. The molecule has 0 unspecified atom stereocenters. The number of rotatable bonds is 4. The average Bonchev–Trinajstić information content (AvgIpc) is 3.09. The fourth-order valence-electron chi connectivity index (χ4n) is 2.94. The molecule has 8 heteroatoms. The molecule has 2 aromatic carbocycles. The lowest BCUT2D eigenvalue weighted by Crippen LogP contribution is -2.24. The van der Waals surface area contributed by atoms with Gasteiger partial charge in [0.05, 0.1) is 27.7 Å². The molecule has 27 heavy (non-hydrogen) atoms. The molecule has 0 atom stereocenters. The van der Waals surface area contributed by atoms with E-state index in [9.17, 15) is 9.59 Å². The summed E-state index contributed by atoms with van der Waals surface area (Å²) in [6, 6.07) is 12.8. The highest BCUT2D eigenvalue weighted by Gasteiger charge is 2.11. The zero-order valence-electron chi connectivity index (χ0n) is 14.5. The van der Waals surface area contributed by atoms with Crippen molar-refractivity contribution in [2.24, 2.45) is 0 Å². The van der Waals surface area contributed by atoms with Gasteiger partial charge in [0.25, 0.3) is 11.5 Å². The number of benzene rings is 2. The first-order valence-corrected chi connectivity index (χ1v) is 9.69. The van der Waals surface area contributed by atoms with Gasteiger partial charge < -0.3 is 10.3 Å². The summed E-state index contributed by atoms with van der Waals surface area (Å²) in [5.74, 6) is -0.227. The monoisotopic (exact) mass is 396 g/mol. The predicted molar refractivity (Wildman–Crippen MR) is 110 cm³/mol. The fraction of sp³-hybridized carbons (Fsp3) is 0.158. The molecule has 0 bridgehead atoms. The maximum absolute atomic E-state index is 12.5. The van der Waals surface area contributed by atoms with Crippen LogP contribution in [0, 0.1) is 4.77 Å². The number of aromatic nitrogens is 3. The standard InChI is InChI=1S/C19H16N4O2S2/c1-2-23-18(25)12-8-7-11(9-14(12)22-19(23)26)17(24)20-10-16-21-13-5-3-4-6-15(13)27-16/h3-9H,2,10H2,1H3,(H,20,24)(H,22,26). The first-order chi connectivity index (χ1) is 13.1. The van der Waals surface area contributed by atoms with Crippen LogP contribution < -0.4 is 10.9 Å². The van der Waals surface area contributed by atoms with Crippen molar-refractivity contribution in [3.8, 4) is 0 Å². The van der Waals surface area contributed by atoms with Crippen LogP contribution >= 0.6 is 23.6 Å². The molecule has 6 nitrogen and oxygen atoms in total. The van der Waals surface area contributed by atoms with Crippen molar-refractivity contribution in [3.05, 3.63) is 68.2 Å². The van der Waals surface area contributed by atoms with Crippen molar-refractivity contribution in [3.63, 3.8) is 0 Å². The quantitative estimate of drug-likeness (QED) is 0.517. The second kappa shape index (κ2) is 7.05. The van der Waals surface area contributed by atoms with Crippen LogP contribution in [0.25, 0.3) is 21.1 Å². The summed E-state index contributed by atoms with van der Waals surface area (Å²) in [6.45, 7) is 2.71. The first kappa shape index (κ1) is 17.6. The molecule has 0 saturated heterocycles. The van der Waals surface area contributed by atoms with Gasteiger partial charge in [0.2, 0.25) is 0 Å². The van der Waals surface area contributed by atoms with Gasteiger partial charge in [-0.3, -0.25) is 14.2 Å². The Morgan fingerprint density at radius 3 is 2.89 bits per heavy atom. The summed E-state index contributed by atoms with van der Waals surface area (Å²) in [5, 5.41) is 4.23. The van der Waals surface area contributed by atoms with Crippen molar-refractivity contribution in [1.29, 1.82) is 0 Å². The third-order valence-corrected chi connectivity index (χ3v) is 5.66. The topological polar surface area (TPSA) is 79.8 Å².